The number of nitrogens with one attached hydrogen (secondary N) is 2. The number of rotatable bonds is 9. The SMILES string of the molecule is CN(C[C@H]1CC[C@H](c2nc3cc(C(C)(C)O)c(NC(=O)c4ccnc(C(F)(F)F)n4)cc3s2)CC1)C1CCN(c2cccc3c2n(C)c(=O)n3C2CCC(=O)NC2=O)CC1. The van der Waals surface area contributed by atoms with Gasteiger partial charge in [-0.15, -0.1) is 11.3 Å². The number of carbonyl (C=O) groups excluding carboxylic acids is 3. The van der Waals surface area contributed by atoms with Gasteiger partial charge in [0.2, 0.25) is 17.6 Å². The Labute approximate surface area is 347 Å². The Morgan fingerprint density at radius 1 is 1.02 bits per heavy atom. The van der Waals surface area contributed by atoms with Gasteiger partial charge in [0.1, 0.15) is 11.7 Å². The van der Waals surface area contributed by atoms with Gasteiger partial charge in [-0.25, -0.2) is 19.7 Å². The normalized spacial score (nSPS) is 20.9. The molecule has 1 atom stereocenters. The third-order valence-corrected chi connectivity index (χ3v) is 13.5. The predicted octanol–water partition coefficient (Wildman–Crippen LogP) is 6.09. The van der Waals surface area contributed by atoms with Crippen molar-refractivity contribution >= 4 is 61.7 Å². The van der Waals surface area contributed by atoms with Crippen molar-refractivity contribution in [1.82, 2.24) is 34.3 Å². The first kappa shape index (κ1) is 41.5. The number of anilines is 2. The zero-order valence-corrected chi connectivity index (χ0v) is 34.7. The van der Waals surface area contributed by atoms with Crippen molar-refractivity contribution in [3.63, 3.8) is 0 Å². The van der Waals surface area contributed by atoms with E-state index in [1.165, 1.54) is 15.9 Å². The van der Waals surface area contributed by atoms with E-state index in [2.05, 4.69) is 37.4 Å². The fourth-order valence-electron chi connectivity index (χ4n) is 9.18. The molecular formula is C42H48F3N9O5S. The first-order chi connectivity index (χ1) is 28.5. The van der Waals surface area contributed by atoms with Gasteiger partial charge in [-0.2, -0.15) is 13.2 Å². The van der Waals surface area contributed by atoms with Crippen molar-refractivity contribution in [2.24, 2.45) is 13.0 Å². The van der Waals surface area contributed by atoms with Gasteiger partial charge in [0, 0.05) is 62.5 Å². The molecule has 2 saturated heterocycles. The number of imide groups is 1. The lowest BCUT2D eigenvalue weighted by Gasteiger charge is -2.40. The molecule has 3 fully saturated rings. The highest BCUT2D eigenvalue weighted by Crippen LogP contribution is 2.42. The summed E-state index contributed by atoms with van der Waals surface area (Å²) in [7, 11) is 3.95. The molecule has 3 aliphatic rings. The summed E-state index contributed by atoms with van der Waals surface area (Å²) in [5.41, 5.74) is 1.69. The van der Waals surface area contributed by atoms with E-state index in [-0.39, 0.29) is 29.6 Å². The number of hydrogen-bond acceptors (Lipinski definition) is 11. The fourth-order valence-corrected chi connectivity index (χ4v) is 10.3. The second-order valence-corrected chi connectivity index (χ2v) is 18.0. The minimum absolute atomic E-state index is 0.193. The molecule has 14 nitrogen and oxygen atoms in total. The zero-order valence-electron chi connectivity index (χ0n) is 33.9. The van der Waals surface area contributed by atoms with Gasteiger partial charge >= 0.3 is 11.9 Å². The molecule has 0 spiro atoms. The molecule has 1 aliphatic carbocycles. The summed E-state index contributed by atoms with van der Waals surface area (Å²) >= 11 is 1.53. The molecule has 3 aromatic heterocycles. The van der Waals surface area contributed by atoms with Crippen LogP contribution in [0, 0.1) is 5.92 Å². The van der Waals surface area contributed by atoms with Crippen LogP contribution in [0.25, 0.3) is 21.3 Å². The van der Waals surface area contributed by atoms with E-state index in [1.54, 1.807) is 37.6 Å². The van der Waals surface area contributed by atoms with E-state index in [0.717, 1.165) is 91.3 Å². The minimum Gasteiger partial charge on any atom is -0.386 e. The summed E-state index contributed by atoms with van der Waals surface area (Å²) in [6, 6.07) is 10.1. The van der Waals surface area contributed by atoms with Gasteiger partial charge in [-0.05, 0) is 102 Å². The van der Waals surface area contributed by atoms with Crippen LogP contribution in [0.5, 0.6) is 0 Å². The van der Waals surface area contributed by atoms with Gasteiger partial charge in [0.15, 0.2) is 0 Å². The number of alkyl halides is 3. The number of nitrogens with zero attached hydrogens (tertiary/aromatic N) is 7. The van der Waals surface area contributed by atoms with E-state index in [4.69, 9.17) is 4.98 Å². The van der Waals surface area contributed by atoms with Crippen LogP contribution in [-0.2, 0) is 28.4 Å². The van der Waals surface area contributed by atoms with Gasteiger partial charge in [0.25, 0.3) is 5.91 Å². The Kier molecular flexibility index (Phi) is 11.1. The number of aromatic nitrogens is 5. The van der Waals surface area contributed by atoms with Crippen molar-refractivity contribution in [2.75, 3.05) is 36.9 Å². The quantitative estimate of drug-likeness (QED) is 0.148. The number of imidazole rings is 1. The van der Waals surface area contributed by atoms with Crippen molar-refractivity contribution in [2.45, 2.75) is 95.0 Å². The number of aryl methyl sites for hydroxylation is 1. The standard InChI is InChI=1S/C42H48F3N9O5S/c1-41(2,59)26-20-29-33(21-28(26)47-36(56)27-14-17-46-39(49-27)42(43,44)45)60-38(48-29)24-10-8-23(9-11-24)22-51(3)25-15-18-53(19-16-25)30-6-5-7-31-35(30)52(4)40(58)54(31)32-12-13-34(55)50-37(32)57/h5-7,14,17,20-21,23-25,32,59H,8-13,15-16,18-19,22H2,1-4H3,(H,47,56)(H,50,55,57)/t23-,24-,32?. The van der Waals surface area contributed by atoms with E-state index < -0.39 is 41.2 Å². The fraction of sp³-hybridized carbons (Fsp3) is 0.500. The lowest BCUT2D eigenvalue weighted by Crippen LogP contribution is -2.45. The van der Waals surface area contributed by atoms with Crippen molar-refractivity contribution in [3.8, 4) is 0 Å². The highest BCUT2D eigenvalue weighted by molar-refractivity contribution is 7.18. The summed E-state index contributed by atoms with van der Waals surface area (Å²) in [6.07, 6.45) is 2.58. The number of benzene rings is 2. The number of hydrogen-bond donors (Lipinski definition) is 3. The second kappa shape index (κ2) is 16.0. The van der Waals surface area contributed by atoms with Crippen LogP contribution in [0.4, 0.5) is 24.5 Å². The molecule has 3 amide bonds. The Bertz CT molecular complexity index is 2530. The Morgan fingerprint density at radius 3 is 2.43 bits per heavy atom. The first-order valence-corrected chi connectivity index (χ1v) is 21.2. The molecule has 0 radical (unpaired) electrons. The number of piperidine rings is 2. The molecule has 1 unspecified atom stereocenters. The zero-order chi connectivity index (χ0) is 42.7. The maximum atomic E-state index is 13.5. The van der Waals surface area contributed by atoms with E-state index in [1.807, 2.05) is 18.2 Å². The van der Waals surface area contributed by atoms with E-state index in [0.29, 0.717) is 35.0 Å². The molecule has 2 aliphatic heterocycles. The van der Waals surface area contributed by atoms with Gasteiger partial charge in [-0.3, -0.25) is 28.8 Å². The Balaban J connectivity index is 0.885. The predicted molar refractivity (Wildman–Crippen MR) is 221 cm³/mol. The van der Waals surface area contributed by atoms with Gasteiger partial charge in [-0.1, -0.05) is 6.07 Å². The average molecular weight is 848 g/mol. The molecule has 1 saturated carbocycles. The molecule has 2 aromatic carbocycles. The monoisotopic (exact) mass is 847 g/mol. The third-order valence-electron chi connectivity index (χ3n) is 12.4. The smallest absolute Gasteiger partial charge is 0.386 e. The average Bonchev–Trinajstić information content (AvgIpc) is 3.74. The third kappa shape index (κ3) is 8.16. The highest BCUT2D eigenvalue weighted by atomic mass is 32.1. The minimum atomic E-state index is -4.80. The van der Waals surface area contributed by atoms with E-state index in [9.17, 15) is 37.5 Å². The molecule has 0 bridgehead atoms. The Morgan fingerprint density at radius 2 is 1.75 bits per heavy atom. The van der Waals surface area contributed by atoms with Gasteiger partial charge in [0.05, 0.1) is 37.5 Å². The van der Waals surface area contributed by atoms with Crippen molar-refractivity contribution in [1.29, 1.82) is 0 Å². The Hall–Kier alpha value is -5.20. The van der Waals surface area contributed by atoms with Crippen LogP contribution in [-0.4, -0.2) is 84.5 Å². The van der Waals surface area contributed by atoms with E-state index >= 15 is 0 Å². The first-order valence-electron chi connectivity index (χ1n) is 20.3. The molecule has 3 N–H and O–H groups in total. The number of carbonyl (C=O) groups is 3. The summed E-state index contributed by atoms with van der Waals surface area (Å²) < 4.78 is 43.6. The number of fused-ring (bicyclic) bond motifs is 2. The molecule has 318 valence electrons. The lowest BCUT2D eigenvalue weighted by atomic mass is 9.82. The van der Waals surface area contributed by atoms with Crippen LogP contribution >= 0.6 is 11.3 Å². The number of amides is 3. The molecule has 8 rings (SSSR count). The molecule has 18 heteroatoms. The molecule has 5 aromatic rings. The lowest BCUT2D eigenvalue weighted by molar-refractivity contribution is -0.145. The summed E-state index contributed by atoms with van der Waals surface area (Å²) in [5, 5.41) is 17.0. The van der Waals surface area contributed by atoms with Crippen LogP contribution in [0.15, 0.2) is 47.4 Å². The topological polar surface area (TPSA) is 168 Å². The number of para-hydroxylation sites is 1. The van der Waals surface area contributed by atoms with Crippen LogP contribution in [0.1, 0.15) is 104 Å². The highest BCUT2D eigenvalue weighted by Gasteiger charge is 2.36. The van der Waals surface area contributed by atoms with Gasteiger partial charge < -0.3 is 20.2 Å². The van der Waals surface area contributed by atoms with Crippen LogP contribution in [0.2, 0.25) is 0 Å². The molecule has 60 heavy (non-hydrogen) atoms. The number of aliphatic hydroxyl groups is 1. The molecule has 5 heterocycles. The van der Waals surface area contributed by atoms with Crippen LogP contribution in [0.3, 0.4) is 0 Å². The maximum absolute atomic E-state index is 13.5. The summed E-state index contributed by atoms with van der Waals surface area (Å²) in [4.78, 5) is 67.5. The largest absolute Gasteiger partial charge is 0.451 e. The second-order valence-electron chi connectivity index (χ2n) is 16.9. The number of thiazole rings is 1. The molecular weight excluding hydrogens is 800 g/mol. The van der Waals surface area contributed by atoms with Crippen molar-refractivity contribution in [3.05, 3.63) is 75.2 Å². The summed E-state index contributed by atoms with van der Waals surface area (Å²) in [5.74, 6) is -2.22. The summed E-state index contributed by atoms with van der Waals surface area (Å²) in [6.45, 7) is 5.79. The van der Waals surface area contributed by atoms with Crippen molar-refractivity contribution < 1.29 is 32.7 Å². The number of halogens is 3. The maximum Gasteiger partial charge on any atom is 0.451 e. The van der Waals surface area contributed by atoms with Crippen LogP contribution < -0.4 is 21.2 Å².